The van der Waals surface area contributed by atoms with E-state index in [4.69, 9.17) is 19.8 Å². The first-order valence-electron chi connectivity index (χ1n) is 14.5. The largest absolute Gasteiger partial charge is 0.378 e. The second-order valence-electron chi connectivity index (χ2n) is 11.0. The Labute approximate surface area is 224 Å². The molecule has 0 spiro atoms. The summed E-state index contributed by atoms with van der Waals surface area (Å²) in [5, 5.41) is 6.50. The molecule has 3 aromatic heterocycles. The monoisotopic (exact) mass is 511 g/mol. The number of aryl methyl sites for hydroxylation is 3. The van der Waals surface area contributed by atoms with Gasteiger partial charge in [0.05, 0.1) is 30.5 Å². The molecule has 1 unspecified atom stereocenters. The van der Waals surface area contributed by atoms with Crippen LogP contribution in [0, 0.1) is 6.92 Å². The number of fused-ring (bicyclic) bond motifs is 3. The number of hydrogen-bond donors (Lipinski definition) is 0. The lowest BCUT2D eigenvalue weighted by molar-refractivity contribution is 0.122. The van der Waals surface area contributed by atoms with E-state index in [0.717, 1.165) is 87.6 Å². The number of anilines is 2. The van der Waals surface area contributed by atoms with Crippen LogP contribution < -0.4 is 9.80 Å². The fourth-order valence-corrected chi connectivity index (χ4v) is 6.84. The average Bonchev–Trinajstić information content (AvgIpc) is 3.40. The molecule has 8 heteroatoms. The minimum absolute atomic E-state index is 0.169. The molecule has 1 atom stereocenters. The van der Waals surface area contributed by atoms with Gasteiger partial charge in [-0.1, -0.05) is 13.0 Å². The van der Waals surface area contributed by atoms with Crippen LogP contribution in [0.2, 0.25) is 0 Å². The van der Waals surface area contributed by atoms with Gasteiger partial charge in [0.1, 0.15) is 18.0 Å². The Morgan fingerprint density at radius 3 is 2.74 bits per heavy atom. The summed E-state index contributed by atoms with van der Waals surface area (Å²) < 4.78 is 7.85. The van der Waals surface area contributed by atoms with E-state index in [-0.39, 0.29) is 6.04 Å². The second kappa shape index (κ2) is 9.80. The van der Waals surface area contributed by atoms with Crippen molar-refractivity contribution in [2.45, 2.75) is 71.3 Å². The number of ether oxygens (including phenoxy) is 1. The summed E-state index contributed by atoms with van der Waals surface area (Å²) in [6, 6.07) is 6.78. The Bertz CT molecular complexity index is 1490. The average molecular weight is 512 g/mol. The number of hydrogen-bond acceptors (Lipinski definition) is 7. The van der Waals surface area contributed by atoms with Gasteiger partial charge in [-0.3, -0.25) is 0 Å². The van der Waals surface area contributed by atoms with Crippen molar-refractivity contribution in [3.05, 3.63) is 52.6 Å². The van der Waals surface area contributed by atoms with E-state index in [1.807, 2.05) is 0 Å². The third kappa shape index (κ3) is 3.92. The fraction of sp³-hybridized carbons (Fsp3) is 0.533. The minimum atomic E-state index is 0.169. The molecule has 0 bridgehead atoms. The number of piperidine rings is 1. The van der Waals surface area contributed by atoms with E-state index >= 15 is 0 Å². The van der Waals surface area contributed by atoms with Crippen LogP contribution in [0.25, 0.3) is 16.6 Å². The van der Waals surface area contributed by atoms with Crippen molar-refractivity contribution in [3.8, 4) is 0 Å². The molecule has 0 radical (unpaired) electrons. The lowest BCUT2D eigenvalue weighted by Crippen LogP contribution is -2.38. The summed E-state index contributed by atoms with van der Waals surface area (Å²) in [7, 11) is 0. The van der Waals surface area contributed by atoms with Crippen molar-refractivity contribution in [2.75, 3.05) is 42.6 Å². The first kappa shape index (κ1) is 23.8. The third-order valence-electron chi connectivity index (χ3n) is 8.83. The van der Waals surface area contributed by atoms with Gasteiger partial charge in [-0.05, 0) is 75.5 Å². The maximum absolute atomic E-state index is 5.70. The highest BCUT2D eigenvalue weighted by atomic mass is 16.5. The van der Waals surface area contributed by atoms with E-state index in [1.165, 1.54) is 52.9 Å². The van der Waals surface area contributed by atoms with Crippen LogP contribution in [0.3, 0.4) is 0 Å². The molecule has 198 valence electrons. The maximum Gasteiger partial charge on any atom is 0.157 e. The van der Waals surface area contributed by atoms with E-state index < -0.39 is 0 Å². The second-order valence-corrected chi connectivity index (χ2v) is 11.0. The lowest BCUT2D eigenvalue weighted by Gasteiger charge is -2.36. The quantitative estimate of drug-likeness (QED) is 0.382. The van der Waals surface area contributed by atoms with Gasteiger partial charge in [-0.25, -0.2) is 15.0 Å². The van der Waals surface area contributed by atoms with E-state index in [1.54, 1.807) is 6.33 Å². The van der Waals surface area contributed by atoms with E-state index in [0.29, 0.717) is 0 Å². The van der Waals surface area contributed by atoms with Gasteiger partial charge >= 0.3 is 0 Å². The van der Waals surface area contributed by atoms with Gasteiger partial charge in [-0.2, -0.15) is 9.61 Å². The van der Waals surface area contributed by atoms with Crippen LogP contribution in [0.15, 0.2) is 24.5 Å². The van der Waals surface area contributed by atoms with Crippen LogP contribution in [0.5, 0.6) is 0 Å². The van der Waals surface area contributed by atoms with Crippen molar-refractivity contribution >= 4 is 28.2 Å². The summed E-state index contributed by atoms with van der Waals surface area (Å²) in [6.07, 6.45) is 10.7. The maximum atomic E-state index is 5.70. The van der Waals surface area contributed by atoms with Crippen LogP contribution in [-0.4, -0.2) is 57.4 Å². The number of morpholine rings is 1. The molecule has 4 aromatic rings. The van der Waals surface area contributed by atoms with Gasteiger partial charge in [0.25, 0.3) is 0 Å². The predicted molar refractivity (Wildman–Crippen MR) is 150 cm³/mol. The molecule has 0 saturated carbocycles. The molecule has 8 nitrogen and oxygen atoms in total. The molecular formula is C30H37N7O. The van der Waals surface area contributed by atoms with Crippen LogP contribution in [0.1, 0.15) is 73.1 Å². The molecule has 1 aliphatic carbocycles. The molecule has 38 heavy (non-hydrogen) atoms. The van der Waals surface area contributed by atoms with Crippen molar-refractivity contribution in [2.24, 2.45) is 0 Å². The van der Waals surface area contributed by atoms with Gasteiger partial charge in [0.2, 0.25) is 0 Å². The summed E-state index contributed by atoms with van der Waals surface area (Å²) in [6.45, 7) is 8.76. The van der Waals surface area contributed by atoms with Gasteiger partial charge in [-0.15, -0.1) is 0 Å². The molecule has 5 heterocycles. The van der Waals surface area contributed by atoms with Crippen molar-refractivity contribution in [3.63, 3.8) is 0 Å². The first-order chi connectivity index (χ1) is 18.7. The smallest absolute Gasteiger partial charge is 0.157 e. The summed E-state index contributed by atoms with van der Waals surface area (Å²) in [4.78, 5) is 19.7. The number of nitrogens with zero attached hydrogens (tertiary/aromatic N) is 7. The minimum Gasteiger partial charge on any atom is -0.378 e. The zero-order valence-electron chi connectivity index (χ0n) is 22.6. The molecule has 7 rings (SSSR count). The molecule has 0 amide bonds. The SMILES string of the molecule is CCc1ccc2ncnc(N3CCCCC3c3cc4nc5c(c(N6CCOCC6)n4n3)CCCC5)c2c1C. The highest BCUT2D eigenvalue weighted by Gasteiger charge is 2.31. The Kier molecular flexibility index (Phi) is 6.15. The highest BCUT2D eigenvalue weighted by molar-refractivity contribution is 5.93. The van der Waals surface area contributed by atoms with E-state index in [9.17, 15) is 0 Å². The number of aromatic nitrogens is 5. The number of rotatable bonds is 4. The summed E-state index contributed by atoms with van der Waals surface area (Å²) >= 11 is 0. The van der Waals surface area contributed by atoms with Crippen molar-refractivity contribution in [1.29, 1.82) is 0 Å². The van der Waals surface area contributed by atoms with Crippen molar-refractivity contribution in [1.82, 2.24) is 24.6 Å². The standard InChI is InChI=1S/C30H37N7O/c1-3-21-11-12-24-28(20(21)2)29(32-19-31-24)36-13-7-6-10-26(36)25-18-27-33-23-9-5-4-8-22(23)30(37(27)34-25)35-14-16-38-17-15-35/h11-12,18-19,26H,3-10,13-17H2,1-2H3. The zero-order valence-corrected chi connectivity index (χ0v) is 22.6. The summed E-state index contributed by atoms with van der Waals surface area (Å²) in [5.41, 5.74) is 8.42. The molecular weight excluding hydrogens is 474 g/mol. The van der Waals surface area contributed by atoms with Crippen LogP contribution in [-0.2, 0) is 24.0 Å². The zero-order chi connectivity index (χ0) is 25.6. The fourth-order valence-electron chi connectivity index (χ4n) is 6.84. The molecule has 2 saturated heterocycles. The van der Waals surface area contributed by atoms with Crippen molar-refractivity contribution < 1.29 is 4.74 Å². The molecule has 2 aliphatic heterocycles. The Morgan fingerprint density at radius 2 is 1.87 bits per heavy atom. The van der Waals surface area contributed by atoms with Crippen LogP contribution >= 0.6 is 0 Å². The van der Waals surface area contributed by atoms with E-state index in [2.05, 4.69) is 51.3 Å². The Balaban J connectivity index is 1.36. The molecule has 3 aliphatic rings. The van der Waals surface area contributed by atoms with Crippen LogP contribution in [0.4, 0.5) is 11.6 Å². The predicted octanol–water partition coefficient (Wildman–Crippen LogP) is 4.99. The molecule has 1 aromatic carbocycles. The Hall–Kier alpha value is -3.26. The van der Waals surface area contributed by atoms with Gasteiger partial charge < -0.3 is 14.5 Å². The molecule has 2 fully saturated rings. The third-order valence-corrected chi connectivity index (χ3v) is 8.83. The molecule has 0 N–H and O–H groups in total. The Morgan fingerprint density at radius 1 is 1.00 bits per heavy atom. The first-order valence-corrected chi connectivity index (χ1v) is 14.5. The highest BCUT2D eigenvalue weighted by Crippen LogP contribution is 2.39. The van der Waals surface area contributed by atoms with Gasteiger partial charge in [0.15, 0.2) is 5.65 Å². The topological polar surface area (TPSA) is 71.7 Å². The summed E-state index contributed by atoms with van der Waals surface area (Å²) in [5.74, 6) is 2.29. The number of benzene rings is 1. The van der Waals surface area contributed by atoms with Gasteiger partial charge in [0, 0.05) is 42.3 Å². The lowest BCUT2D eigenvalue weighted by atomic mass is 9.96. The normalized spacial score (nSPS) is 20.3.